The Morgan fingerprint density at radius 3 is 2.24 bits per heavy atom. The van der Waals surface area contributed by atoms with Crippen LogP contribution in [0, 0.1) is 12.7 Å². The average Bonchev–Trinajstić information content (AvgIpc) is 3.33. The van der Waals surface area contributed by atoms with Gasteiger partial charge in [0.1, 0.15) is 12.4 Å². The third-order valence-electron chi connectivity index (χ3n) is 6.45. The minimum Gasteiger partial charge on any atom is -0.485 e. The second-order valence-corrected chi connectivity index (χ2v) is 8.98. The van der Waals surface area contributed by atoms with Crippen molar-refractivity contribution in [2.75, 3.05) is 0 Å². The molecule has 0 N–H and O–H groups in total. The maximum Gasteiger partial charge on any atom is 0.263 e. The van der Waals surface area contributed by atoms with Crippen LogP contribution in [-0.2, 0) is 26.6 Å². The Bertz CT molecular complexity index is 1570. The molecule has 0 atom stereocenters. The first-order valence-electron chi connectivity index (χ1n) is 12.3. The molecule has 37 heavy (non-hydrogen) atoms. The smallest absolute Gasteiger partial charge is 0.263 e. The topological polar surface area (TPSA) is 49.1 Å². The number of rotatable bonds is 8. The molecule has 2 heterocycles. The second kappa shape index (κ2) is 10.7. The first-order valence-corrected chi connectivity index (χ1v) is 12.3. The summed E-state index contributed by atoms with van der Waals surface area (Å²) in [6, 6.07) is 28.1. The summed E-state index contributed by atoms with van der Waals surface area (Å²) in [7, 11) is 1.90. The highest BCUT2D eigenvalue weighted by molar-refractivity contribution is 5.69. The number of para-hydroxylation sites is 1. The van der Waals surface area contributed by atoms with Crippen molar-refractivity contribution in [2.24, 2.45) is 7.05 Å². The molecule has 0 fully saturated rings. The van der Waals surface area contributed by atoms with E-state index >= 15 is 4.39 Å². The summed E-state index contributed by atoms with van der Waals surface area (Å²) < 4.78 is 24.7. The highest BCUT2D eigenvalue weighted by atomic mass is 19.1. The molecule has 0 spiro atoms. The van der Waals surface area contributed by atoms with Gasteiger partial charge in [0.25, 0.3) is 5.56 Å². The number of hydrogen-bond donors (Lipinski definition) is 0. The highest BCUT2D eigenvalue weighted by Gasteiger charge is 2.22. The van der Waals surface area contributed by atoms with E-state index in [2.05, 4.69) is 0 Å². The van der Waals surface area contributed by atoms with Crippen molar-refractivity contribution in [1.82, 2.24) is 14.1 Å². The lowest BCUT2D eigenvalue weighted by Crippen LogP contribution is -2.27. The number of aromatic nitrogens is 3. The van der Waals surface area contributed by atoms with Gasteiger partial charge in [-0.2, -0.15) is 0 Å². The number of hydrogen-bond acceptors (Lipinski definition) is 3. The molecule has 0 unspecified atom stereocenters. The van der Waals surface area contributed by atoms with Gasteiger partial charge in [-0.25, -0.2) is 9.37 Å². The minimum absolute atomic E-state index is 0.0812. The molecule has 0 radical (unpaired) electrons. The quantitative estimate of drug-likeness (QED) is 0.259. The highest BCUT2D eigenvalue weighted by Crippen LogP contribution is 2.33. The largest absolute Gasteiger partial charge is 0.485 e. The van der Waals surface area contributed by atoms with E-state index in [4.69, 9.17) is 9.72 Å². The van der Waals surface area contributed by atoms with E-state index in [1.807, 2.05) is 97.5 Å². The zero-order valence-corrected chi connectivity index (χ0v) is 20.9. The minimum atomic E-state index is -0.499. The molecule has 186 valence electrons. The molecule has 5 aromatic rings. The SMILES string of the molecule is Cc1nc(-c2cccc(F)c2OCc2ccccc2)n(CCc2ccccc2)c(=O)c1-c1cccn1C. The Morgan fingerprint density at radius 2 is 1.57 bits per heavy atom. The van der Waals surface area contributed by atoms with Crippen molar-refractivity contribution in [3.63, 3.8) is 0 Å². The summed E-state index contributed by atoms with van der Waals surface area (Å²) in [5.41, 5.74) is 4.20. The molecular formula is C31H28FN3O2. The van der Waals surface area contributed by atoms with Crippen molar-refractivity contribution >= 4 is 0 Å². The first-order chi connectivity index (χ1) is 18.0. The van der Waals surface area contributed by atoms with Crippen LogP contribution in [0.25, 0.3) is 22.6 Å². The molecule has 5 rings (SSSR count). The van der Waals surface area contributed by atoms with Gasteiger partial charge in [-0.1, -0.05) is 66.7 Å². The van der Waals surface area contributed by atoms with Crippen molar-refractivity contribution in [3.8, 4) is 28.4 Å². The number of aryl methyl sites for hydroxylation is 3. The Labute approximate surface area is 215 Å². The number of ether oxygens (including phenoxy) is 1. The molecule has 6 heteroatoms. The van der Waals surface area contributed by atoms with Crippen molar-refractivity contribution < 1.29 is 9.13 Å². The van der Waals surface area contributed by atoms with Gasteiger partial charge in [-0.15, -0.1) is 0 Å². The lowest BCUT2D eigenvalue weighted by Gasteiger charge is -2.19. The van der Waals surface area contributed by atoms with Gasteiger partial charge in [-0.05, 0) is 48.7 Å². The van der Waals surface area contributed by atoms with Crippen LogP contribution >= 0.6 is 0 Å². The van der Waals surface area contributed by atoms with E-state index in [9.17, 15) is 4.79 Å². The fourth-order valence-electron chi connectivity index (χ4n) is 4.54. The molecule has 0 bridgehead atoms. The second-order valence-electron chi connectivity index (χ2n) is 8.98. The van der Waals surface area contributed by atoms with Crippen LogP contribution in [0.5, 0.6) is 5.75 Å². The van der Waals surface area contributed by atoms with E-state index < -0.39 is 5.82 Å². The molecule has 0 amide bonds. The number of halogens is 1. The average molecular weight is 494 g/mol. The van der Waals surface area contributed by atoms with Crippen molar-refractivity contribution in [2.45, 2.75) is 26.5 Å². The van der Waals surface area contributed by atoms with Crippen molar-refractivity contribution in [1.29, 1.82) is 0 Å². The Balaban J connectivity index is 1.64. The zero-order chi connectivity index (χ0) is 25.8. The van der Waals surface area contributed by atoms with E-state index in [-0.39, 0.29) is 17.9 Å². The van der Waals surface area contributed by atoms with Crippen LogP contribution in [0.1, 0.15) is 16.8 Å². The van der Waals surface area contributed by atoms with Crippen molar-refractivity contribution in [3.05, 3.63) is 130 Å². The molecule has 0 aliphatic heterocycles. The van der Waals surface area contributed by atoms with Crippen LogP contribution in [0.3, 0.4) is 0 Å². The molecule has 5 nitrogen and oxygen atoms in total. The summed E-state index contributed by atoms with van der Waals surface area (Å²) in [6.07, 6.45) is 2.53. The van der Waals surface area contributed by atoms with Gasteiger partial charge in [0.2, 0.25) is 0 Å². The zero-order valence-electron chi connectivity index (χ0n) is 20.9. The predicted molar refractivity (Wildman–Crippen MR) is 144 cm³/mol. The summed E-state index contributed by atoms with van der Waals surface area (Å²) in [5.74, 6) is -0.0295. The van der Waals surface area contributed by atoms with E-state index in [0.29, 0.717) is 35.6 Å². The molecule has 2 aromatic heterocycles. The maximum atomic E-state index is 15.1. The van der Waals surface area contributed by atoms with Gasteiger partial charge in [0.05, 0.1) is 22.5 Å². The number of nitrogens with zero attached hydrogens (tertiary/aromatic N) is 3. The third kappa shape index (κ3) is 5.09. The first kappa shape index (κ1) is 24.3. The number of benzene rings is 3. The normalized spacial score (nSPS) is 11.0. The molecule has 0 saturated carbocycles. The third-order valence-corrected chi connectivity index (χ3v) is 6.45. The van der Waals surface area contributed by atoms with E-state index in [0.717, 1.165) is 16.8 Å². The fourth-order valence-corrected chi connectivity index (χ4v) is 4.54. The Hall–Kier alpha value is -4.45. The maximum absolute atomic E-state index is 15.1. The summed E-state index contributed by atoms with van der Waals surface area (Å²) in [5, 5.41) is 0. The van der Waals surface area contributed by atoms with Crippen LogP contribution in [0.2, 0.25) is 0 Å². The lowest BCUT2D eigenvalue weighted by atomic mass is 10.1. The van der Waals surface area contributed by atoms with Gasteiger partial charge in [0, 0.05) is 19.8 Å². The van der Waals surface area contributed by atoms with E-state index in [1.54, 1.807) is 16.7 Å². The molecule has 0 aliphatic rings. The standard InChI is InChI=1S/C31H28FN3O2/c1-22-28(27-17-10-19-34(27)2)31(36)35(20-18-23-11-5-3-6-12-23)30(33-22)25-15-9-16-26(32)29(25)37-21-24-13-7-4-8-14-24/h3-17,19H,18,20-21H2,1-2H3. The molecule has 0 saturated heterocycles. The summed E-state index contributed by atoms with van der Waals surface area (Å²) in [4.78, 5) is 18.9. The van der Waals surface area contributed by atoms with Crippen LogP contribution < -0.4 is 10.3 Å². The Morgan fingerprint density at radius 1 is 0.865 bits per heavy atom. The van der Waals surface area contributed by atoms with Gasteiger partial charge in [0.15, 0.2) is 11.6 Å². The molecular weight excluding hydrogens is 465 g/mol. The van der Waals surface area contributed by atoms with Crippen LogP contribution in [0.4, 0.5) is 4.39 Å². The van der Waals surface area contributed by atoms with Crippen LogP contribution in [0.15, 0.2) is 102 Å². The van der Waals surface area contributed by atoms with Gasteiger partial charge in [-0.3, -0.25) is 9.36 Å². The van der Waals surface area contributed by atoms with E-state index in [1.165, 1.54) is 6.07 Å². The summed E-state index contributed by atoms with van der Waals surface area (Å²) in [6.45, 7) is 2.40. The molecule has 3 aromatic carbocycles. The monoisotopic (exact) mass is 493 g/mol. The fraction of sp³-hybridized carbons (Fsp3) is 0.161. The molecule has 0 aliphatic carbocycles. The van der Waals surface area contributed by atoms with Gasteiger partial charge < -0.3 is 9.30 Å². The summed E-state index contributed by atoms with van der Waals surface area (Å²) >= 11 is 0. The Kier molecular flexibility index (Phi) is 6.99. The van der Waals surface area contributed by atoms with Crippen LogP contribution in [-0.4, -0.2) is 14.1 Å². The van der Waals surface area contributed by atoms with Gasteiger partial charge >= 0.3 is 0 Å². The predicted octanol–water partition coefficient (Wildman–Crippen LogP) is 6.19. The lowest BCUT2D eigenvalue weighted by molar-refractivity contribution is 0.291.